The fourth-order valence-electron chi connectivity index (χ4n) is 2.70. The second-order valence-corrected chi connectivity index (χ2v) is 6.70. The van der Waals surface area contributed by atoms with Gasteiger partial charge in [0.25, 0.3) is 0 Å². The number of amides is 1. The second kappa shape index (κ2) is 6.66. The summed E-state index contributed by atoms with van der Waals surface area (Å²) >= 11 is 0. The Bertz CT molecular complexity index is 581. The normalized spacial score (nSPS) is 18.0. The van der Waals surface area contributed by atoms with Crippen LogP contribution in [0.25, 0.3) is 0 Å². The van der Waals surface area contributed by atoms with Gasteiger partial charge in [0, 0.05) is 30.8 Å². The summed E-state index contributed by atoms with van der Waals surface area (Å²) in [5, 5.41) is 0. The Morgan fingerprint density at radius 1 is 1.26 bits per heavy atom. The number of nitrogens with zero attached hydrogens (tertiary/aromatic N) is 1. The number of hydrogen-bond donors (Lipinski definition) is 1. The summed E-state index contributed by atoms with van der Waals surface area (Å²) < 4.78 is 16.3. The van der Waals surface area contributed by atoms with E-state index >= 15 is 0 Å². The lowest BCUT2D eigenvalue weighted by Gasteiger charge is -2.26. The maximum Gasteiger partial charge on any atom is 0.410 e. The van der Waals surface area contributed by atoms with Gasteiger partial charge in [-0.1, -0.05) is 0 Å². The minimum Gasteiger partial charge on any atom is -0.497 e. The Balaban J connectivity index is 2.35. The van der Waals surface area contributed by atoms with E-state index < -0.39 is 5.60 Å². The molecule has 0 fully saturated rings. The van der Waals surface area contributed by atoms with E-state index in [4.69, 9.17) is 19.9 Å². The van der Waals surface area contributed by atoms with Crippen molar-refractivity contribution in [2.45, 2.75) is 45.4 Å². The van der Waals surface area contributed by atoms with Crippen molar-refractivity contribution in [3.8, 4) is 11.5 Å². The molecule has 1 aliphatic heterocycles. The van der Waals surface area contributed by atoms with Crippen molar-refractivity contribution in [2.75, 3.05) is 20.8 Å². The molecule has 2 N–H and O–H groups in total. The zero-order chi connectivity index (χ0) is 17.2. The number of carbonyl (C=O) groups is 1. The second-order valence-electron chi connectivity index (χ2n) is 6.70. The number of fused-ring (bicyclic) bond motifs is 1. The Kier molecular flexibility index (Phi) is 5.04. The Hall–Kier alpha value is -1.95. The molecule has 0 aromatic heterocycles. The zero-order valence-electron chi connectivity index (χ0n) is 14.5. The van der Waals surface area contributed by atoms with Crippen LogP contribution in [0.2, 0.25) is 0 Å². The van der Waals surface area contributed by atoms with Crippen molar-refractivity contribution in [3.05, 3.63) is 23.3 Å². The summed E-state index contributed by atoms with van der Waals surface area (Å²) in [4.78, 5) is 14.1. The molecule has 0 radical (unpaired) electrons. The van der Waals surface area contributed by atoms with E-state index in [2.05, 4.69) is 0 Å². The number of benzene rings is 1. The van der Waals surface area contributed by atoms with E-state index in [0.29, 0.717) is 31.0 Å². The summed E-state index contributed by atoms with van der Waals surface area (Å²) in [5.41, 5.74) is 7.63. The van der Waals surface area contributed by atoms with E-state index in [1.54, 1.807) is 19.1 Å². The molecule has 6 heteroatoms. The lowest BCUT2D eigenvalue weighted by atomic mass is 9.98. The highest BCUT2D eigenvalue weighted by Gasteiger charge is 2.29. The summed E-state index contributed by atoms with van der Waals surface area (Å²) in [7, 11) is 3.21. The summed E-state index contributed by atoms with van der Waals surface area (Å²) in [6.07, 6.45) is 0.314. The largest absolute Gasteiger partial charge is 0.497 e. The van der Waals surface area contributed by atoms with E-state index in [1.165, 1.54) is 0 Å². The third-order valence-corrected chi connectivity index (χ3v) is 3.75. The zero-order valence-corrected chi connectivity index (χ0v) is 14.5. The molecule has 0 saturated carbocycles. The minimum atomic E-state index is -0.527. The molecule has 0 aliphatic carbocycles. The van der Waals surface area contributed by atoms with Gasteiger partial charge in [0.1, 0.15) is 17.1 Å². The van der Waals surface area contributed by atoms with Gasteiger partial charge in [0.2, 0.25) is 0 Å². The third-order valence-electron chi connectivity index (χ3n) is 3.75. The molecule has 1 atom stereocenters. The maximum atomic E-state index is 12.4. The average molecular weight is 322 g/mol. The molecule has 1 aromatic rings. The van der Waals surface area contributed by atoms with Gasteiger partial charge >= 0.3 is 6.09 Å². The van der Waals surface area contributed by atoms with Crippen LogP contribution in [0.3, 0.4) is 0 Å². The van der Waals surface area contributed by atoms with Crippen molar-refractivity contribution in [3.63, 3.8) is 0 Å². The first-order chi connectivity index (χ1) is 10.7. The molecule has 0 bridgehead atoms. The molecule has 1 aliphatic rings. The van der Waals surface area contributed by atoms with Crippen LogP contribution in [0.4, 0.5) is 4.79 Å². The van der Waals surface area contributed by atoms with Crippen LogP contribution in [0, 0.1) is 0 Å². The number of ether oxygens (including phenoxy) is 3. The number of methoxy groups -OCH3 is 2. The van der Waals surface area contributed by atoms with Gasteiger partial charge in [0.15, 0.2) is 0 Å². The predicted octanol–water partition coefficient (Wildman–Crippen LogP) is 2.84. The average Bonchev–Trinajstić information content (AvgIpc) is 2.64. The Morgan fingerprint density at radius 3 is 2.52 bits per heavy atom. The molecule has 0 spiro atoms. The lowest BCUT2D eigenvalue weighted by Crippen LogP contribution is -2.36. The molecule has 6 nitrogen and oxygen atoms in total. The quantitative estimate of drug-likeness (QED) is 0.906. The van der Waals surface area contributed by atoms with Crippen LogP contribution in [0.1, 0.15) is 44.4 Å². The molecular weight excluding hydrogens is 296 g/mol. The first-order valence-electron chi connectivity index (χ1n) is 7.73. The van der Waals surface area contributed by atoms with E-state index in [1.807, 2.05) is 32.9 Å². The van der Waals surface area contributed by atoms with Crippen LogP contribution in [0.15, 0.2) is 12.1 Å². The number of carbonyl (C=O) groups excluding carboxylic acids is 1. The van der Waals surface area contributed by atoms with Crippen LogP contribution in [-0.2, 0) is 11.3 Å². The van der Waals surface area contributed by atoms with Crippen molar-refractivity contribution in [1.29, 1.82) is 0 Å². The SMILES string of the molecule is COc1cc2c(c(OC)c1)C(N)CCN(C(=O)OC(C)(C)C)C2. The van der Waals surface area contributed by atoms with Crippen molar-refractivity contribution < 1.29 is 19.0 Å². The molecule has 128 valence electrons. The van der Waals surface area contributed by atoms with Gasteiger partial charge in [-0.15, -0.1) is 0 Å². The van der Waals surface area contributed by atoms with Crippen molar-refractivity contribution >= 4 is 6.09 Å². The molecule has 1 unspecified atom stereocenters. The van der Waals surface area contributed by atoms with Crippen LogP contribution < -0.4 is 15.2 Å². The van der Waals surface area contributed by atoms with E-state index in [0.717, 1.165) is 11.1 Å². The molecule has 23 heavy (non-hydrogen) atoms. The van der Waals surface area contributed by atoms with Gasteiger partial charge in [-0.05, 0) is 38.8 Å². The van der Waals surface area contributed by atoms with Gasteiger partial charge in [-0.2, -0.15) is 0 Å². The monoisotopic (exact) mass is 322 g/mol. The Morgan fingerprint density at radius 2 is 1.96 bits per heavy atom. The summed E-state index contributed by atoms with van der Waals surface area (Å²) in [6.45, 7) is 6.53. The Labute approximate surface area is 137 Å². The van der Waals surface area contributed by atoms with Crippen molar-refractivity contribution in [1.82, 2.24) is 4.90 Å². The molecule has 2 rings (SSSR count). The molecule has 1 heterocycles. The number of rotatable bonds is 2. The minimum absolute atomic E-state index is 0.196. The van der Waals surface area contributed by atoms with Gasteiger partial charge in [-0.3, -0.25) is 0 Å². The van der Waals surface area contributed by atoms with Crippen LogP contribution in [0.5, 0.6) is 11.5 Å². The summed E-state index contributed by atoms with van der Waals surface area (Å²) in [6, 6.07) is 3.53. The smallest absolute Gasteiger partial charge is 0.410 e. The first-order valence-corrected chi connectivity index (χ1v) is 7.73. The summed E-state index contributed by atoms with van der Waals surface area (Å²) in [5.74, 6) is 1.37. The van der Waals surface area contributed by atoms with Gasteiger partial charge in [0.05, 0.1) is 14.2 Å². The fraction of sp³-hybridized carbons (Fsp3) is 0.588. The standard InChI is InChI=1S/C17H26N2O4/c1-17(2,3)23-16(20)19-7-6-13(18)15-11(10-19)8-12(21-4)9-14(15)22-5/h8-9,13H,6-7,10,18H2,1-5H3. The highest BCUT2D eigenvalue weighted by atomic mass is 16.6. The van der Waals surface area contributed by atoms with Crippen LogP contribution >= 0.6 is 0 Å². The van der Waals surface area contributed by atoms with E-state index in [-0.39, 0.29) is 12.1 Å². The lowest BCUT2D eigenvalue weighted by molar-refractivity contribution is 0.0235. The molecule has 1 amide bonds. The molecular formula is C17H26N2O4. The van der Waals surface area contributed by atoms with E-state index in [9.17, 15) is 4.79 Å². The topological polar surface area (TPSA) is 74.0 Å². The highest BCUT2D eigenvalue weighted by Crippen LogP contribution is 2.36. The molecule has 0 saturated heterocycles. The number of nitrogens with two attached hydrogens (primary N) is 1. The number of hydrogen-bond acceptors (Lipinski definition) is 5. The van der Waals surface area contributed by atoms with Gasteiger partial charge < -0.3 is 24.8 Å². The van der Waals surface area contributed by atoms with Crippen molar-refractivity contribution in [2.24, 2.45) is 5.73 Å². The van der Waals surface area contributed by atoms with Gasteiger partial charge in [-0.25, -0.2) is 4.79 Å². The predicted molar refractivity (Wildman–Crippen MR) is 87.7 cm³/mol. The first kappa shape index (κ1) is 17.4. The molecule has 1 aromatic carbocycles. The van der Waals surface area contributed by atoms with Crippen LogP contribution in [-0.4, -0.2) is 37.4 Å². The maximum absolute atomic E-state index is 12.4. The highest BCUT2D eigenvalue weighted by molar-refractivity contribution is 5.68. The fourth-order valence-corrected chi connectivity index (χ4v) is 2.70. The third kappa shape index (κ3) is 4.07.